The van der Waals surface area contributed by atoms with Gasteiger partial charge >= 0.3 is 0 Å². The van der Waals surface area contributed by atoms with Crippen LogP contribution in [0.4, 0.5) is 17.1 Å². The summed E-state index contributed by atoms with van der Waals surface area (Å²) in [6.07, 6.45) is 0. The maximum atomic E-state index is 6.67. The van der Waals surface area contributed by atoms with Gasteiger partial charge in [0.25, 0.3) is 0 Å². The van der Waals surface area contributed by atoms with Crippen LogP contribution in [0.15, 0.2) is 258 Å². The summed E-state index contributed by atoms with van der Waals surface area (Å²) < 4.78 is 13.0. The second-order valence-corrected chi connectivity index (χ2v) is 17.9. The highest BCUT2D eigenvalue weighted by Gasteiger charge is 2.46. The van der Waals surface area contributed by atoms with Crippen LogP contribution in [0, 0.1) is 0 Å². The molecule has 1 aliphatic carbocycles. The fraction of sp³-hybridized carbons (Fsp3) is 0.0154. The number of hydrogen-bond acceptors (Lipinski definition) is 3. The monoisotopic (exact) mass is 867 g/mol. The fourth-order valence-electron chi connectivity index (χ4n) is 11.4. The summed E-state index contributed by atoms with van der Waals surface area (Å²) in [5.41, 5.74) is 18.1. The van der Waals surface area contributed by atoms with Gasteiger partial charge in [-0.25, -0.2) is 0 Å². The Hall–Kier alpha value is -8.92. The van der Waals surface area contributed by atoms with Gasteiger partial charge in [-0.3, -0.25) is 0 Å². The van der Waals surface area contributed by atoms with Crippen molar-refractivity contribution in [3.63, 3.8) is 0 Å². The van der Waals surface area contributed by atoms with Crippen LogP contribution in [0.3, 0.4) is 0 Å². The number of rotatable bonds is 7. The Bertz CT molecular complexity index is 4050. The molecule has 0 bridgehead atoms. The van der Waals surface area contributed by atoms with Gasteiger partial charge < -0.3 is 13.7 Å². The number of para-hydroxylation sites is 2. The van der Waals surface area contributed by atoms with Gasteiger partial charge in [0.1, 0.15) is 22.3 Å². The zero-order valence-corrected chi connectivity index (χ0v) is 36.9. The Morgan fingerprint density at radius 3 is 1.62 bits per heavy atom. The number of anilines is 3. The molecule has 318 valence electrons. The second-order valence-electron chi connectivity index (χ2n) is 17.9. The number of fused-ring (bicyclic) bond motifs is 10. The maximum absolute atomic E-state index is 6.67. The van der Waals surface area contributed by atoms with Gasteiger partial charge in [0.2, 0.25) is 0 Å². The van der Waals surface area contributed by atoms with Gasteiger partial charge in [-0.05, 0) is 122 Å². The lowest BCUT2D eigenvalue weighted by Crippen LogP contribution is -2.28. The van der Waals surface area contributed by atoms with Crippen molar-refractivity contribution in [2.24, 2.45) is 0 Å². The molecular formula is C65H41NO2. The van der Waals surface area contributed by atoms with E-state index < -0.39 is 5.41 Å². The molecule has 3 nitrogen and oxygen atoms in total. The van der Waals surface area contributed by atoms with Crippen LogP contribution in [-0.4, -0.2) is 0 Å². The van der Waals surface area contributed by atoms with Gasteiger partial charge in [-0.1, -0.05) is 188 Å². The predicted octanol–water partition coefficient (Wildman–Crippen LogP) is 17.8. The first-order valence-corrected chi connectivity index (χ1v) is 23.3. The van der Waals surface area contributed by atoms with Gasteiger partial charge in [-0.15, -0.1) is 0 Å². The minimum atomic E-state index is -0.560. The highest BCUT2D eigenvalue weighted by molar-refractivity contribution is 6.17. The van der Waals surface area contributed by atoms with Gasteiger partial charge in [-0.2, -0.15) is 0 Å². The molecule has 13 aromatic rings. The normalized spacial score (nSPS) is 12.8. The van der Waals surface area contributed by atoms with Crippen LogP contribution < -0.4 is 4.90 Å². The van der Waals surface area contributed by atoms with E-state index in [0.717, 1.165) is 88.6 Å². The van der Waals surface area contributed by atoms with Crippen LogP contribution in [-0.2, 0) is 5.41 Å². The quantitative estimate of drug-likeness (QED) is 0.160. The SMILES string of the molecule is c1ccc(C2(c3ccccc3)c3ccccc3-c3ccc(N(c4ccc(-c5cccc6oc7ccccc7c56)cc4)c4ccccc4-c4cccc5oc6cc7ccccc7cc6c45)cc32)cc1. The zero-order valence-electron chi connectivity index (χ0n) is 36.9. The lowest BCUT2D eigenvalue weighted by molar-refractivity contribution is 0.669. The molecule has 3 heteroatoms. The van der Waals surface area contributed by atoms with Crippen molar-refractivity contribution >= 4 is 71.7 Å². The first-order valence-electron chi connectivity index (χ1n) is 23.3. The molecular weight excluding hydrogens is 827 g/mol. The molecule has 0 radical (unpaired) electrons. The van der Waals surface area contributed by atoms with Crippen LogP contribution in [0.2, 0.25) is 0 Å². The molecule has 0 amide bonds. The van der Waals surface area contributed by atoms with Crippen LogP contribution in [0.1, 0.15) is 22.3 Å². The summed E-state index contributed by atoms with van der Waals surface area (Å²) >= 11 is 0. The van der Waals surface area contributed by atoms with E-state index in [1.54, 1.807) is 0 Å². The zero-order chi connectivity index (χ0) is 44.8. The molecule has 0 aliphatic heterocycles. The smallest absolute Gasteiger partial charge is 0.136 e. The van der Waals surface area contributed by atoms with E-state index in [9.17, 15) is 0 Å². The van der Waals surface area contributed by atoms with Gasteiger partial charge in [0.05, 0.1) is 11.1 Å². The molecule has 0 saturated heterocycles. The van der Waals surface area contributed by atoms with E-state index in [4.69, 9.17) is 8.83 Å². The Morgan fingerprint density at radius 1 is 0.309 bits per heavy atom. The van der Waals surface area contributed by atoms with Crippen molar-refractivity contribution < 1.29 is 8.83 Å². The standard InChI is InChI=1S/C65H41NO2/c1-3-19-45(20-4-1)65(46-21-5-2-6-22-46)56-28-12-9-23-50(56)51-38-37-48(41-57(51)65)66(47-35-33-42(34-36-47)49-26-15-31-60-63(49)54-25-11-14-30-59(54)67-60)58-29-13-10-24-52(58)53-27-16-32-61-64(53)55-39-43-17-7-8-18-44(43)40-62(55)68-61/h1-41H. The molecule has 0 spiro atoms. The summed E-state index contributed by atoms with van der Waals surface area (Å²) in [4.78, 5) is 2.45. The Kier molecular flexibility index (Phi) is 8.50. The van der Waals surface area contributed by atoms with Gasteiger partial charge in [0, 0.05) is 38.5 Å². The Morgan fingerprint density at radius 2 is 0.853 bits per heavy atom. The van der Waals surface area contributed by atoms with Crippen molar-refractivity contribution in [1.29, 1.82) is 0 Å². The van der Waals surface area contributed by atoms with E-state index in [1.165, 1.54) is 38.8 Å². The maximum Gasteiger partial charge on any atom is 0.136 e. The third-order valence-corrected chi connectivity index (χ3v) is 14.3. The molecule has 0 N–H and O–H groups in total. The highest BCUT2D eigenvalue weighted by Crippen LogP contribution is 2.58. The highest BCUT2D eigenvalue weighted by atomic mass is 16.3. The number of furan rings is 2. The average Bonchev–Trinajstić information content (AvgIpc) is 4.07. The first kappa shape index (κ1) is 38.4. The van der Waals surface area contributed by atoms with E-state index >= 15 is 0 Å². The summed E-state index contributed by atoms with van der Waals surface area (Å²) in [5.74, 6) is 0. The summed E-state index contributed by atoms with van der Waals surface area (Å²) in [7, 11) is 0. The van der Waals surface area contributed by atoms with Crippen molar-refractivity contribution in [2.45, 2.75) is 5.41 Å². The minimum Gasteiger partial charge on any atom is -0.456 e. The summed E-state index contributed by atoms with van der Waals surface area (Å²) in [6.45, 7) is 0. The summed E-state index contributed by atoms with van der Waals surface area (Å²) in [6, 6.07) is 90.2. The second kappa shape index (κ2) is 15.1. The first-order chi connectivity index (χ1) is 33.7. The molecule has 2 heterocycles. The Balaban J connectivity index is 1.02. The lowest BCUT2D eigenvalue weighted by atomic mass is 9.67. The average molecular weight is 868 g/mol. The Labute approximate surface area is 393 Å². The van der Waals surface area contributed by atoms with Crippen LogP contribution >= 0.6 is 0 Å². The van der Waals surface area contributed by atoms with Crippen molar-refractivity contribution in [2.75, 3.05) is 4.90 Å². The molecule has 0 atom stereocenters. The number of hydrogen-bond donors (Lipinski definition) is 0. The molecule has 68 heavy (non-hydrogen) atoms. The summed E-state index contributed by atoms with van der Waals surface area (Å²) in [5, 5.41) is 6.80. The largest absolute Gasteiger partial charge is 0.456 e. The molecule has 2 aromatic heterocycles. The van der Waals surface area contributed by atoms with E-state index in [-0.39, 0.29) is 0 Å². The third-order valence-electron chi connectivity index (χ3n) is 14.3. The van der Waals surface area contributed by atoms with Crippen molar-refractivity contribution in [3.8, 4) is 33.4 Å². The topological polar surface area (TPSA) is 29.5 Å². The van der Waals surface area contributed by atoms with Crippen LogP contribution in [0.25, 0.3) is 88.0 Å². The molecule has 11 aromatic carbocycles. The third kappa shape index (κ3) is 5.66. The molecule has 14 rings (SSSR count). The number of nitrogens with zero attached hydrogens (tertiary/aromatic N) is 1. The van der Waals surface area contributed by atoms with E-state index in [0.29, 0.717) is 0 Å². The van der Waals surface area contributed by atoms with Crippen molar-refractivity contribution in [3.05, 3.63) is 271 Å². The molecule has 1 aliphatic rings. The van der Waals surface area contributed by atoms with Crippen molar-refractivity contribution in [1.82, 2.24) is 0 Å². The molecule has 0 fully saturated rings. The van der Waals surface area contributed by atoms with Crippen LogP contribution in [0.5, 0.6) is 0 Å². The minimum absolute atomic E-state index is 0.560. The van der Waals surface area contributed by atoms with E-state index in [2.05, 4.69) is 241 Å². The molecule has 0 saturated carbocycles. The fourth-order valence-corrected chi connectivity index (χ4v) is 11.4. The lowest BCUT2D eigenvalue weighted by Gasteiger charge is -2.35. The molecule has 0 unspecified atom stereocenters. The van der Waals surface area contributed by atoms with E-state index in [1.807, 2.05) is 12.1 Å². The number of benzene rings is 11. The van der Waals surface area contributed by atoms with Gasteiger partial charge in [0.15, 0.2) is 0 Å². The predicted molar refractivity (Wildman–Crippen MR) is 281 cm³/mol.